The van der Waals surface area contributed by atoms with Crippen molar-refractivity contribution in [2.24, 2.45) is 0 Å². The summed E-state index contributed by atoms with van der Waals surface area (Å²) in [6.07, 6.45) is -0.954. The van der Waals surface area contributed by atoms with Gasteiger partial charge in [0.2, 0.25) is 0 Å². The second-order valence-electron chi connectivity index (χ2n) is 1.72. The molecule has 0 aliphatic rings. The molecule has 0 saturated carbocycles. The lowest BCUT2D eigenvalue weighted by atomic mass is 10.4. The maximum Gasteiger partial charge on any atom is 0.100 e. The van der Waals surface area contributed by atoms with Gasteiger partial charge in [-0.1, -0.05) is 6.92 Å². The third-order valence-corrected chi connectivity index (χ3v) is 0.421. The molecule has 0 aromatic heterocycles. The van der Waals surface area contributed by atoms with Crippen LogP contribution in [0.5, 0.6) is 0 Å². The molecule has 0 rings (SSSR count). The van der Waals surface area contributed by atoms with Gasteiger partial charge in [-0.05, 0) is 0 Å². The highest BCUT2D eigenvalue weighted by Crippen LogP contribution is 1.71. The number of allylic oxidation sites excluding steroid dienone is 1. The largest absolute Gasteiger partial charge is 0.876 e. The summed E-state index contributed by atoms with van der Waals surface area (Å²) in [7, 11) is 0. The quantitative estimate of drug-likeness (QED) is 0.405. The Hall–Kier alpha value is -0.580. The zero-order valence-electron chi connectivity index (χ0n) is 5.95. The van der Waals surface area contributed by atoms with Gasteiger partial charge in [-0.3, -0.25) is 0 Å². The van der Waals surface area contributed by atoms with Crippen LogP contribution in [0.3, 0.4) is 0 Å². The Kier molecular flexibility index (Phi) is 10.2. The van der Waals surface area contributed by atoms with Crippen LogP contribution in [0.1, 0.15) is 6.92 Å². The van der Waals surface area contributed by atoms with Crippen LogP contribution in [0.25, 0.3) is 0 Å². The van der Waals surface area contributed by atoms with Crippen LogP contribution >= 0.6 is 0 Å². The van der Waals surface area contributed by atoms with Gasteiger partial charge in [-0.15, -0.1) is 12.3 Å². The first-order valence-corrected chi connectivity index (χ1v) is 2.76. The second kappa shape index (κ2) is 8.42. The van der Waals surface area contributed by atoms with Crippen molar-refractivity contribution < 1.29 is 20.4 Å². The summed E-state index contributed by atoms with van der Waals surface area (Å²) in [6, 6.07) is 0. The lowest BCUT2D eigenvalue weighted by molar-refractivity contribution is -0.300. The van der Waals surface area contributed by atoms with Crippen molar-refractivity contribution in [2.75, 3.05) is 13.2 Å². The van der Waals surface area contributed by atoms with Crippen molar-refractivity contribution in [3.8, 4) is 0 Å². The van der Waals surface area contributed by atoms with Gasteiger partial charge in [0.05, 0.1) is 13.2 Å². The predicted molar refractivity (Wildman–Crippen MR) is 35.0 cm³/mol. The van der Waals surface area contributed by atoms with E-state index in [0.29, 0.717) is 0 Å². The van der Waals surface area contributed by atoms with Crippen molar-refractivity contribution in [3.05, 3.63) is 12.3 Å². The highest BCUT2D eigenvalue weighted by atomic mass is 16.3. The van der Waals surface area contributed by atoms with Crippen molar-refractivity contribution >= 4 is 0 Å². The lowest BCUT2D eigenvalue weighted by Crippen LogP contribution is -2.15. The molecule has 0 fully saturated rings. The minimum atomic E-state index is -0.954. The average molecular weight is 149 g/mol. The normalized spacial score (nSPS) is 8.50. The molecule has 0 saturated heterocycles. The molecule has 0 aromatic carbocycles. The minimum absolute atomic E-state index is 0.0833. The molecular formula is C6H13O4-. The second-order valence-corrected chi connectivity index (χ2v) is 1.72. The SMILES string of the molecule is C=C(C)[O-].OCC(O)CO. The molecule has 0 atom stereocenters. The molecule has 0 aliphatic heterocycles. The lowest BCUT2D eigenvalue weighted by Gasteiger charge is -1.96. The van der Waals surface area contributed by atoms with Crippen LogP contribution in [0, 0.1) is 0 Å². The first-order valence-electron chi connectivity index (χ1n) is 2.76. The fourth-order valence-electron chi connectivity index (χ4n) is 0.0577. The van der Waals surface area contributed by atoms with E-state index in [2.05, 4.69) is 6.58 Å². The summed E-state index contributed by atoms with van der Waals surface area (Å²) >= 11 is 0. The average Bonchev–Trinajstić information content (AvgIpc) is 1.85. The number of aliphatic hydroxyl groups is 3. The molecule has 0 aromatic rings. The van der Waals surface area contributed by atoms with Crippen LogP contribution < -0.4 is 5.11 Å². The van der Waals surface area contributed by atoms with E-state index in [1.54, 1.807) is 0 Å². The standard InChI is InChI=1S/C3H8O3.C3H6O/c4-1-3(6)2-5;1-3(2)4/h3-6H,1-2H2;4H,1H2,2H3/p-1. The molecule has 4 nitrogen and oxygen atoms in total. The van der Waals surface area contributed by atoms with E-state index >= 15 is 0 Å². The van der Waals surface area contributed by atoms with Crippen molar-refractivity contribution in [3.63, 3.8) is 0 Å². The minimum Gasteiger partial charge on any atom is -0.876 e. The van der Waals surface area contributed by atoms with Crippen LogP contribution in [-0.2, 0) is 0 Å². The summed E-state index contributed by atoms with van der Waals surface area (Å²) < 4.78 is 0. The Labute approximate surface area is 60.1 Å². The summed E-state index contributed by atoms with van der Waals surface area (Å²) in [4.78, 5) is 0. The van der Waals surface area contributed by atoms with Crippen LogP contribution in [0.4, 0.5) is 0 Å². The van der Waals surface area contributed by atoms with E-state index < -0.39 is 6.10 Å². The first kappa shape index (κ1) is 12.1. The maximum atomic E-state index is 9.33. The van der Waals surface area contributed by atoms with Gasteiger partial charge >= 0.3 is 0 Å². The Balaban J connectivity index is 0. The molecule has 3 N–H and O–H groups in total. The van der Waals surface area contributed by atoms with Crippen LogP contribution in [0.15, 0.2) is 12.3 Å². The van der Waals surface area contributed by atoms with Gasteiger partial charge < -0.3 is 20.4 Å². The van der Waals surface area contributed by atoms with E-state index in [4.69, 9.17) is 15.3 Å². The number of hydrogen-bond acceptors (Lipinski definition) is 4. The zero-order chi connectivity index (χ0) is 8.57. The van der Waals surface area contributed by atoms with Crippen LogP contribution in [-0.4, -0.2) is 34.6 Å². The summed E-state index contributed by atoms with van der Waals surface area (Å²) in [5.74, 6) is -0.0833. The number of aliphatic hydroxyl groups excluding tert-OH is 3. The van der Waals surface area contributed by atoms with Gasteiger partial charge in [0.1, 0.15) is 6.10 Å². The Morgan fingerprint density at radius 3 is 1.70 bits per heavy atom. The Morgan fingerprint density at radius 2 is 1.70 bits per heavy atom. The number of rotatable bonds is 2. The monoisotopic (exact) mass is 149 g/mol. The van der Waals surface area contributed by atoms with Gasteiger partial charge in [-0.2, -0.15) is 0 Å². The Morgan fingerprint density at radius 1 is 1.50 bits per heavy atom. The smallest absolute Gasteiger partial charge is 0.100 e. The fourth-order valence-corrected chi connectivity index (χ4v) is 0.0577. The molecule has 4 heteroatoms. The zero-order valence-corrected chi connectivity index (χ0v) is 5.95. The predicted octanol–water partition coefficient (Wildman–Crippen LogP) is -1.79. The van der Waals surface area contributed by atoms with Crippen molar-refractivity contribution in [1.82, 2.24) is 0 Å². The van der Waals surface area contributed by atoms with E-state index in [0.717, 1.165) is 0 Å². The molecule has 0 heterocycles. The summed E-state index contributed by atoms with van der Waals surface area (Å²) in [6.45, 7) is 3.69. The van der Waals surface area contributed by atoms with Gasteiger partial charge in [0.15, 0.2) is 0 Å². The van der Waals surface area contributed by atoms with E-state index in [1.807, 2.05) is 0 Å². The number of hydrogen-bond donors (Lipinski definition) is 3. The molecule has 0 spiro atoms. The summed E-state index contributed by atoms with van der Waals surface area (Å²) in [5, 5.41) is 33.3. The van der Waals surface area contributed by atoms with E-state index in [1.165, 1.54) is 6.92 Å². The molecule has 62 valence electrons. The highest BCUT2D eigenvalue weighted by molar-refractivity contribution is 4.64. The van der Waals surface area contributed by atoms with Gasteiger partial charge in [0.25, 0.3) is 0 Å². The molecule has 10 heavy (non-hydrogen) atoms. The molecule has 0 aliphatic carbocycles. The van der Waals surface area contributed by atoms with E-state index in [-0.39, 0.29) is 19.0 Å². The topological polar surface area (TPSA) is 83.8 Å². The third-order valence-electron chi connectivity index (χ3n) is 0.421. The van der Waals surface area contributed by atoms with Gasteiger partial charge in [0, 0.05) is 0 Å². The van der Waals surface area contributed by atoms with E-state index in [9.17, 15) is 5.11 Å². The maximum absolute atomic E-state index is 9.33. The molecule has 0 unspecified atom stereocenters. The van der Waals surface area contributed by atoms with Crippen molar-refractivity contribution in [1.29, 1.82) is 0 Å². The first-order chi connectivity index (χ1) is 4.54. The molecule has 0 amide bonds. The highest BCUT2D eigenvalue weighted by Gasteiger charge is 1.93. The van der Waals surface area contributed by atoms with Crippen molar-refractivity contribution in [2.45, 2.75) is 13.0 Å². The van der Waals surface area contributed by atoms with Crippen LogP contribution in [0.2, 0.25) is 0 Å². The summed E-state index contributed by atoms with van der Waals surface area (Å²) in [5.41, 5.74) is 0. The van der Waals surface area contributed by atoms with Gasteiger partial charge in [-0.25, -0.2) is 0 Å². The Bertz CT molecular complexity index is 73.8. The molecule has 0 bridgehead atoms. The molecular weight excluding hydrogens is 136 g/mol. The molecule has 0 radical (unpaired) electrons. The fraction of sp³-hybridized carbons (Fsp3) is 0.667. The third kappa shape index (κ3) is 26.1.